The van der Waals surface area contributed by atoms with Crippen molar-refractivity contribution in [1.82, 2.24) is 0 Å². The highest BCUT2D eigenvalue weighted by molar-refractivity contribution is 5.77. The van der Waals surface area contributed by atoms with Crippen LogP contribution in [0.2, 0.25) is 0 Å². The van der Waals surface area contributed by atoms with Crippen molar-refractivity contribution in [3.8, 4) is 0 Å². The van der Waals surface area contributed by atoms with Crippen LogP contribution in [-0.4, -0.2) is 22.3 Å². The number of aliphatic hydroxyl groups excluding tert-OH is 1. The van der Waals surface area contributed by atoms with Crippen LogP contribution in [0.25, 0.3) is 0 Å². The van der Waals surface area contributed by atoms with E-state index in [0.29, 0.717) is 0 Å². The Balaban J connectivity index is 3.13. The molecule has 0 radical (unpaired) electrons. The standard InChI is InChI=1S/C3H8N2O2/c4-2(5)1-3(6)7/h3,6-7H,1H2,(H3,4,5). The van der Waals surface area contributed by atoms with E-state index in [1.807, 2.05) is 0 Å². The maximum absolute atomic E-state index is 8.06. The second-order valence-electron chi connectivity index (χ2n) is 1.21. The van der Waals surface area contributed by atoms with Gasteiger partial charge < -0.3 is 15.9 Å². The predicted molar refractivity (Wildman–Crippen MR) is 24.8 cm³/mol. The molecule has 0 aromatic carbocycles. The van der Waals surface area contributed by atoms with Crippen LogP contribution in [0.1, 0.15) is 6.42 Å². The summed E-state index contributed by atoms with van der Waals surface area (Å²) < 4.78 is 0. The van der Waals surface area contributed by atoms with Gasteiger partial charge in [0.2, 0.25) is 0 Å². The zero-order valence-electron chi connectivity index (χ0n) is 3.76. The van der Waals surface area contributed by atoms with Crippen molar-refractivity contribution < 1.29 is 10.2 Å². The Morgan fingerprint density at radius 1 is 1.71 bits per heavy atom. The van der Waals surface area contributed by atoms with Crippen LogP contribution in [0.5, 0.6) is 0 Å². The molecule has 0 aliphatic heterocycles. The molecule has 0 aliphatic carbocycles. The second-order valence-corrected chi connectivity index (χ2v) is 1.21. The number of nitrogens with two attached hydrogens (primary N) is 1. The zero-order chi connectivity index (χ0) is 5.86. The van der Waals surface area contributed by atoms with Gasteiger partial charge in [-0.1, -0.05) is 0 Å². The van der Waals surface area contributed by atoms with Gasteiger partial charge in [-0.3, -0.25) is 5.41 Å². The first-order chi connectivity index (χ1) is 3.13. The van der Waals surface area contributed by atoms with Gasteiger partial charge in [-0.2, -0.15) is 0 Å². The van der Waals surface area contributed by atoms with E-state index < -0.39 is 6.29 Å². The van der Waals surface area contributed by atoms with Crippen LogP contribution >= 0.6 is 0 Å². The molecule has 0 bridgehead atoms. The number of hydrogen-bond donors (Lipinski definition) is 4. The average Bonchev–Trinajstić information content (AvgIpc) is 1.27. The molecule has 5 N–H and O–H groups in total. The monoisotopic (exact) mass is 104 g/mol. The molecule has 0 aromatic rings. The molecule has 0 fully saturated rings. The largest absolute Gasteiger partial charge is 0.388 e. The molecular formula is C3H8N2O2. The van der Waals surface area contributed by atoms with Gasteiger partial charge in [-0.15, -0.1) is 0 Å². The molecule has 0 atom stereocenters. The van der Waals surface area contributed by atoms with Crippen molar-refractivity contribution in [1.29, 1.82) is 5.41 Å². The molecule has 4 nitrogen and oxygen atoms in total. The lowest BCUT2D eigenvalue weighted by Gasteiger charge is -1.97. The van der Waals surface area contributed by atoms with Crippen LogP contribution in [0.3, 0.4) is 0 Å². The number of hydrogen-bond acceptors (Lipinski definition) is 3. The van der Waals surface area contributed by atoms with Gasteiger partial charge in [0.15, 0.2) is 6.29 Å². The molecule has 0 spiro atoms. The third-order valence-electron chi connectivity index (χ3n) is 0.402. The van der Waals surface area contributed by atoms with Crippen LogP contribution in [-0.2, 0) is 0 Å². The van der Waals surface area contributed by atoms with E-state index >= 15 is 0 Å². The first-order valence-electron chi connectivity index (χ1n) is 1.82. The van der Waals surface area contributed by atoms with Gasteiger partial charge in [0, 0.05) is 0 Å². The second kappa shape index (κ2) is 2.54. The van der Waals surface area contributed by atoms with Crippen molar-refractivity contribution in [3.63, 3.8) is 0 Å². The summed E-state index contributed by atoms with van der Waals surface area (Å²) in [6.45, 7) is 0. The fourth-order valence-corrected chi connectivity index (χ4v) is 0.197. The first-order valence-corrected chi connectivity index (χ1v) is 1.82. The van der Waals surface area contributed by atoms with E-state index in [4.69, 9.17) is 21.4 Å². The lowest BCUT2D eigenvalue weighted by Crippen LogP contribution is -2.18. The highest BCUT2D eigenvalue weighted by Gasteiger charge is 1.96. The highest BCUT2D eigenvalue weighted by Crippen LogP contribution is 1.80. The van der Waals surface area contributed by atoms with Crippen molar-refractivity contribution in [2.45, 2.75) is 12.7 Å². The molecular weight excluding hydrogens is 96.0 g/mol. The molecule has 7 heavy (non-hydrogen) atoms. The molecule has 0 saturated carbocycles. The summed E-state index contributed by atoms with van der Waals surface area (Å²) in [7, 11) is 0. The van der Waals surface area contributed by atoms with Gasteiger partial charge in [0.05, 0.1) is 12.3 Å². The minimum Gasteiger partial charge on any atom is -0.388 e. The first kappa shape index (κ1) is 6.39. The van der Waals surface area contributed by atoms with E-state index in [1.54, 1.807) is 0 Å². The lowest BCUT2D eigenvalue weighted by molar-refractivity contribution is -0.0328. The quantitative estimate of drug-likeness (QED) is 0.198. The predicted octanol–water partition coefficient (Wildman–Crippen LogP) is -1.38. The van der Waals surface area contributed by atoms with Crippen LogP contribution in [0, 0.1) is 5.41 Å². The number of rotatable bonds is 2. The fourth-order valence-electron chi connectivity index (χ4n) is 0.197. The van der Waals surface area contributed by atoms with Crippen molar-refractivity contribution in [3.05, 3.63) is 0 Å². The van der Waals surface area contributed by atoms with Crippen LogP contribution in [0.15, 0.2) is 0 Å². The molecule has 0 aliphatic rings. The SMILES string of the molecule is N=C(N)CC(O)O. The van der Waals surface area contributed by atoms with Gasteiger partial charge >= 0.3 is 0 Å². The molecule has 0 aromatic heterocycles. The normalized spacial score (nSPS) is 9.57. The Labute approximate surface area is 41.1 Å². The van der Waals surface area contributed by atoms with E-state index in [-0.39, 0.29) is 12.3 Å². The third kappa shape index (κ3) is 5.39. The zero-order valence-corrected chi connectivity index (χ0v) is 3.76. The Bertz CT molecular complexity index is 71.3. The minimum absolute atomic E-state index is 0.167. The summed E-state index contributed by atoms with van der Waals surface area (Å²) in [6, 6.07) is 0. The van der Waals surface area contributed by atoms with Crippen molar-refractivity contribution in [2.24, 2.45) is 5.73 Å². The fraction of sp³-hybridized carbons (Fsp3) is 0.667. The molecule has 4 heteroatoms. The molecule has 42 valence electrons. The van der Waals surface area contributed by atoms with Crippen LogP contribution < -0.4 is 5.73 Å². The van der Waals surface area contributed by atoms with Gasteiger partial charge in [0.1, 0.15) is 0 Å². The summed E-state index contributed by atoms with van der Waals surface area (Å²) in [4.78, 5) is 0. The Morgan fingerprint density at radius 3 is 2.14 bits per heavy atom. The molecule has 0 heterocycles. The Hall–Kier alpha value is -0.610. The minimum atomic E-state index is -1.47. The van der Waals surface area contributed by atoms with E-state index in [9.17, 15) is 0 Å². The Morgan fingerprint density at radius 2 is 2.14 bits per heavy atom. The Kier molecular flexibility index (Phi) is 2.32. The van der Waals surface area contributed by atoms with Crippen molar-refractivity contribution >= 4 is 5.84 Å². The van der Waals surface area contributed by atoms with Gasteiger partial charge in [0.25, 0.3) is 0 Å². The van der Waals surface area contributed by atoms with E-state index in [1.165, 1.54) is 0 Å². The number of aliphatic hydroxyl groups is 2. The lowest BCUT2D eigenvalue weighted by atomic mass is 10.4. The van der Waals surface area contributed by atoms with Crippen LogP contribution in [0.4, 0.5) is 0 Å². The topological polar surface area (TPSA) is 90.3 Å². The third-order valence-corrected chi connectivity index (χ3v) is 0.402. The summed E-state index contributed by atoms with van der Waals surface area (Å²) in [5.74, 6) is -0.213. The van der Waals surface area contributed by atoms with Gasteiger partial charge in [-0.05, 0) is 0 Å². The molecule has 0 rings (SSSR count). The summed E-state index contributed by atoms with van der Waals surface area (Å²) >= 11 is 0. The molecule has 0 saturated heterocycles. The summed E-state index contributed by atoms with van der Waals surface area (Å²) in [5.41, 5.74) is 4.76. The number of nitrogens with one attached hydrogen (secondary N) is 1. The van der Waals surface area contributed by atoms with E-state index in [2.05, 4.69) is 0 Å². The van der Waals surface area contributed by atoms with Crippen molar-refractivity contribution in [2.75, 3.05) is 0 Å². The molecule has 0 amide bonds. The maximum Gasteiger partial charge on any atom is 0.158 e. The summed E-state index contributed by atoms with van der Waals surface area (Å²) in [6.07, 6.45) is -1.64. The number of amidine groups is 1. The van der Waals surface area contributed by atoms with Gasteiger partial charge in [-0.25, -0.2) is 0 Å². The highest BCUT2D eigenvalue weighted by atomic mass is 16.5. The molecule has 0 unspecified atom stereocenters. The average molecular weight is 104 g/mol. The van der Waals surface area contributed by atoms with E-state index in [0.717, 1.165) is 0 Å². The smallest absolute Gasteiger partial charge is 0.158 e. The summed E-state index contributed by atoms with van der Waals surface area (Å²) in [5, 5.41) is 22.6. The maximum atomic E-state index is 8.06.